The molecule has 4 rings (SSSR count). The van der Waals surface area contributed by atoms with Crippen molar-refractivity contribution in [3.05, 3.63) is 77.4 Å². The van der Waals surface area contributed by atoms with Crippen LogP contribution in [0.1, 0.15) is 11.1 Å². The standard InChI is InChI=1S/C18H13F2NO2/c19-14-6-7-16(20)15(8-14)12-9-18(13-4-2-1-3-5-13)11-23-17(22)21(18)10-12/h1-9H,10-11H2. The highest BCUT2D eigenvalue weighted by molar-refractivity contribution is 5.82. The number of hydrogen-bond acceptors (Lipinski definition) is 2. The second-order valence-electron chi connectivity index (χ2n) is 5.72. The average molecular weight is 313 g/mol. The Hall–Kier alpha value is -2.69. The summed E-state index contributed by atoms with van der Waals surface area (Å²) >= 11 is 0. The van der Waals surface area contributed by atoms with Crippen molar-refractivity contribution in [3.63, 3.8) is 0 Å². The minimum Gasteiger partial charge on any atom is -0.446 e. The summed E-state index contributed by atoms with van der Waals surface area (Å²) in [5.41, 5.74) is 0.898. The summed E-state index contributed by atoms with van der Waals surface area (Å²) in [7, 11) is 0. The topological polar surface area (TPSA) is 29.5 Å². The highest BCUT2D eigenvalue weighted by Gasteiger charge is 2.51. The summed E-state index contributed by atoms with van der Waals surface area (Å²) in [6.45, 7) is 0.352. The molecule has 0 N–H and O–H groups in total. The fourth-order valence-electron chi connectivity index (χ4n) is 3.28. The molecular formula is C18H13F2NO2. The van der Waals surface area contributed by atoms with Crippen LogP contribution in [0.4, 0.5) is 13.6 Å². The molecule has 1 fully saturated rings. The van der Waals surface area contributed by atoms with Crippen LogP contribution in [0.5, 0.6) is 0 Å². The van der Waals surface area contributed by atoms with Gasteiger partial charge in [0.2, 0.25) is 0 Å². The van der Waals surface area contributed by atoms with E-state index in [2.05, 4.69) is 0 Å². The van der Waals surface area contributed by atoms with Gasteiger partial charge in [0.15, 0.2) is 0 Å². The maximum absolute atomic E-state index is 14.1. The minimum atomic E-state index is -0.758. The largest absolute Gasteiger partial charge is 0.446 e. The summed E-state index contributed by atoms with van der Waals surface area (Å²) in [5, 5.41) is 0. The van der Waals surface area contributed by atoms with E-state index >= 15 is 0 Å². The maximum Gasteiger partial charge on any atom is 0.411 e. The lowest BCUT2D eigenvalue weighted by atomic mass is 9.90. The van der Waals surface area contributed by atoms with E-state index in [1.54, 1.807) is 4.90 Å². The molecule has 5 heteroatoms. The van der Waals surface area contributed by atoms with E-state index in [0.717, 1.165) is 23.8 Å². The zero-order valence-corrected chi connectivity index (χ0v) is 12.1. The van der Waals surface area contributed by atoms with Crippen LogP contribution in [-0.4, -0.2) is 24.1 Å². The number of rotatable bonds is 2. The molecule has 0 aromatic heterocycles. The number of hydrogen-bond donors (Lipinski definition) is 0. The first-order chi connectivity index (χ1) is 11.1. The van der Waals surface area contributed by atoms with Gasteiger partial charge >= 0.3 is 6.09 Å². The third kappa shape index (κ3) is 2.04. The number of halogens is 2. The molecule has 1 unspecified atom stereocenters. The van der Waals surface area contributed by atoms with Crippen LogP contribution in [0.2, 0.25) is 0 Å². The summed E-state index contributed by atoms with van der Waals surface area (Å²) in [6, 6.07) is 12.8. The Balaban J connectivity index is 1.86. The van der Waals surface area contributed by atoms with E-state index in [1.807, 2.05) is 36.4 Å². The molecule has 2 aliphatic rings. The molecule has 23 heavy (non-hydrogen) atoms. The van der Waals surface area contributed by atoms with Crippen molar-refractivity contribution in [1.29, 1.82) is 0 Å². The second kappa shape index (κ2) is 4.91. The normalized spacial score (nSPS) is 22.8. The number of carbonyl (C=O) groups is 1. The first-order valence-corrected chi connectivity index (χ1v) is 7.27. The van der Waals surface area contributed by atoms with Gasteiger partial charge in [0, 0.05) is 5.56 Å². The van der Waals surface area contributed by atoms with Gasteiger partial charge in [-0.15, -0.1) is 0 Å². The van der Waals surface area contributed by atoms with Crippen molar-refractivity contribution in [2.75, 3.05) is 13.2 Å². The lowest BCUT2D eigenvalue weighted by Crippen LogP contribution is -2.39. The number of fused-ring (bicyclic) bond motifs is 1. The van der Waals surface area contributed by atoms with Crippen LogP contribution in [0.3, 0.4) is 0 Å². The number of ether oxygens (including phenoxy) is 1. The van der Waals surface area contributed by atoms with Crippen molar-refractivity contribution in [3.8, 4) is 0 Å². The molecule has 1 amide bonds. The van der Waals surface area contributed by atoms with Crippen LogP contribution >= 0.6 is 0 Å². The molecule has 0 spiro atoms. The molecule has 1 saturated heterocycles. The third-order valence-corrected chi connectivity index (χ3v) is 4.41. The predicted molar refractivity (Wildman–Crippen MR) is 80.5 cm³/mol. The van der Waals surface area contributed by atoms with Gasteiger partial charge in [-0.1, -0.05) is 30.3 Å². The molecule has 0 bridgehead atoms. The van der Waals surface area contributed by atoms with E-state index in [-0.39, 0.29) is 18.7 Å². The Bertz CT molecular complexity index is 819. The van der Waals surface area contributed by atoms with E-state index < -0.39 is 23.3 Å². The number of nitrogens with zero attached hydrogens (tertiary/aromatic N) is 1. The number of benzene rings is 2. The molecule has 116 valence electrons. The number of amides is 1. The number of cyclic esters (lactones) is 1. The Kier molecular flexibility index (Phi) is 2.98. The molecule has 2 aromatic carbocycles. The molecule has 1 atom stereocenters. The second-order valence-corrected chi connectivity index (χ2v) is 5.72. The zero-order valence-electron chi connectivity index (χ0n) is 12.1. The fourth-order valence-corrected chi connectivity index (χ4v) is 3.28. The Morgan fingerprint density at radius 2 is 1.87 bits per heavy atom. The first-order valence-electron chi connectivity index (χ1n) is 7.27. The molecule has 0 radical (unpaired) electrons. The molecule has 2 heterocycles. The van der Waals surface area contributed by atoms with Crippen molar-refractivity contribution >= 4 is 11.7 Å². The van der Waals surface area contributed by atoms with Crippen LogP contribution in [-0.2, 0) is 10.3 Å². The lowest BCUT2D eigenvalue weighted by molar-refractivity contribution is 0.161. The van der Waals surface area contributed by atoms with Gasteiger partial charge < -0.3 is 4.74 Å². The molecule has 2 aliphatic heterocycles. The molecular weight excluding hydrogens is 300 g/mol. The van der Waals surface area contributed by atoms with E-state index in [1.165, 1.54) is 0 Å². The number of carbonyl (C=O) groups excluding carboxylic acids is 1. The summed E-state index contributed by atoms with van der Waals surface area (Å²) in [4.78, 5) is 13.6. The van der Waals surface area contributed by atoms with Crippen LogP contribution in [0.15, 0.2) is 54.6 Å². The zero-order chi connectivity index (χ0) is 16.0. The SMILES string of the molecule is O=C1OCC2(c3ccccc3)C=C(c3cc(F)ccc3F)CN12. The van der Waals surface area contributed by atoms with Gasteiger partial charge in [0.05, 0.1) is 6.54 Å². The van der Waals surface area contributed by atoms with E-state index in [9.17, 15) is 13.6 Å². The maximum atomic E-state index is 14.1. The average Bonchev–Trinajstić information content (AvgIpc) is 3.09. The van der Waals surface area contributed by atoms with Gasteiger partial charge in [-0.05, 0) is 35.4 Å². The Labute approximate surface area is 131 Å². The summed E-state index contributed by atoms with van der Waals surface area (Å²) in [5.74, 6) is -1.01. The van der Waals surface area contributed by atoms with Gasteiger partial charge in [0.25, 0.3) is 0 Å². The van der Waals surface area contributed by atoms with Gasteiger partial charge in [-0.3, -0.25) is 4.90 Å². The van der Waals surface area contributed by atoms with E-state index in [4.69, 9.17) is 4.74 Å². The van der Waals surface area contributed by atoms with Crippen LogP contribution < -0.4 is 0 Å². The summed E-state index contributed by atoms with van der Waals surface area (Å²) < 4.78 is 32.8. The van der Waals surface area contributed by atoms with Crippen LogP contribution in [0.25, 0.3) is 5.57 Å². The van der Waals surface area contributed by atoms with Gasteiger partial charge in [0.1, 0.15) is 23.8 Å². The van der Waals surface area contributed by atoms with Crippen molar-refractivity contribution in [2.24, 2.45) is 0 Å². The third-order valence-electron chi connectivity index (χ3n) is 4.41. The smallest absolute Gasteiger partial charge is 0.411 e. The minimum absolute atomic E-state index is 0.163. The molecule has 3 nitrogen and oxygen atoms in total. The monoisotopic (exact) mass is 313 g/mol. The highest BCUT2D eigenvalue weighted by Crippen LogP contribution is 2.44. The lowest BCUT2D eigenvalue weighted by Gasteiger charge is -2.27. The predicted octanol–water partition coefficient (Wildman–Crippen LogP) is 3.71. The first kappa shape index (κ1) is 13.9. The van der Waals surface area contributed by atoms with Crippen molar-refractivity contribution < 1.29 is 18.3 Å². The van der Waals surface area contributed by atoms with Crippen molar-refractivity contribution in [2.45, 2.75) is 5.54 Å². The Morgan fingerprint density at radius 1 is 1.09 bits per heavy atom. The molecule has 0 aliphatic carbocycles. The molecule has 0 saturated carbocycles. The van der Waals surface area contributed by atoms with Crippen molar-refractivity contribution in [1.82, 2.24) is 4.90 Å². The Morgan fingerprint density at radius 3 is 2.65 bits per heavy atom. The highest BCUT2D eigenvalue weighted by atomic mass is 19.1. The summed E-state index contributed by atoms with van der Waals surface area (Å²) in [6.07, 6.45) is 1.36. The fraction of sp³-hybridized carbons (Fsp3) is 0.167. The van der Waals surface area contributed by atoms with Crippen LogP contribution in [0, 0.1) is 11.6 Å². The van der Waals surface area contributed by atoms with E-state index in [0.29, 0.717) is 5.57 Å². The quantitative estimate of drug-likeness (QED) is 0.846. The van der Waals surface area contributed by atoms with Gasteiger partial charge in [-0.2, -0.15) is 0 Å². The van der Waals surface area contributed by atoms with Gasteiger partial charge in [-0.25, -0.2) is 13.6 Å². The molecule has 2 aromatic rings.